The van der Waals surface area contributed by atoms with E-state index in [4.69, 9.17) is 9.84 Å². The number of aromatic carboxylic acids is 1. The molecule has 1 aromatic rings. The number of benzene rings is 1. The van der Waals surface area contributed by atoms with Crippen LogP contribution in [0, 0.1) is 6.92 Å². The van der Waals surface area contributed by atoms with E-state index in [1.165, 1.54) is 6.07 Å². The molecular formula is C9H11ClO3. The van der Waals surface area contributed by atoms with E-state index in [0.717, 1.165) is 5.56 Å². The summed E-state index contributed by atoms with van der Waals surface area (Å²) in [5.41, 5.74) is 1.12. The quantitative estimate of drug-likeness (QED) is 0.799. The monoisotopic (exact) mass is 202 g/mol. The molecule has 0 spiro atoms. The van der Waals surface area contributed by atoms with Gasteiger partial charge in [0.25, 0.3) is 0 Å². The van der Waals surface area contributed by atoms with Crippen molar-refractivity contribution in [2.45, 2.75) is 6.92 Å². The predicted molar refractivity (Wildman–Crippen MR) is 51.9 cm³/mol. The van der Waals surface area contributed by atoms with Crippen molar-refractivity contribution in [3.05, 3.63) is 29.3 Å². The van der Waals surface area contributed by atoms with Gasteiger partial charge < -0.3 is 9.84 Å². The van der Waals surface area contributed by atoms with E-state index in [1.807, 2.05) is 6.92 Å². The number of aryl methyl sites for hydroxylation is 1. The van der Waals surface area contributed by atoms with E-state index in [-0.39, 0.29) is 18.0 Å². The molecule has 13 heavy (non-hydrogen) atoms. The molecule has 4 heteroatoms. The highest BCUT2D eigenvalue weighted by molar-refractivity contribution is 5.88. The summed E-state index contributed by atoms with van der Waals surface area (Å²) in [5, 5.41) is 8.63. The maximum Gasteiger partial charge on any atom is 0.335 e. The van der Waals surface area contributed by atoms with Crippen LogP contribution in [-0.4, -0.2) is 18.2 Å². The minimum absolute atomic E-state index is 0. The molecule has 0 saturated heterocycles. The normalized spacial score (nSPS) is 8.77. The van der Waals surface area contributed by atoms with Gasteiger partial charge in [0.1, 0.15) is 5.75 Å². The Morgan fingerprint density at radius 1 is 1.46 bits per heavy atom. The molecule has 0 aliphatic rings. The van der Waals surface area contributed by atoms with Gasteiger partial charge in [-0.2, -0.15) is 0 Å². The van der Waals surface area contributed by atoms with Crippen LogP contribution in [0.1, 0.15) is 15.9 Å². The molecule has 3 nitrogen and oxygen atoms in total. The van der Waals surface area contributed by atoms with Crippen molar-refractivity contribution in [3.63, 3.8) is 0 Å². The smallest absolute Gasteiger partial charge is 0.335 e. The summed E-state index contributed by atoms with van der Waals surface area (Å²) < 4.78 is 4.99. The van der Waals surface area contributed by atoms with E-state index in [0.29, 0.717) is 5.75 Å². The van der Waals surface area contributed by atoms with Gasteiger partial charge in [0, 0.05) is 0 Å². The molecule has 0 heterocycles. The minimum atomic E-state index is -0.916. The highest BCUT2D eigenvalue weighted by atomic mass is 35.5. The molecule has 0 unspecified atom stereocenters. The van der Waals surface area contributed by atoms with Crippen LogP contribution in [0.15, 0.2) is 18.2 Å². The van der Waals surface area contributed by atoms with Crippen LogP contribution in [0.2, 0.25) is 0 Å². The number of methoxy groups -OCH3 is 1. The Hall–Kier alpha value is -1.22. The molecule has 1 rings (SSSR count). The first kappa shape index (κ1) is 11.8. The Morgan fingerprint density at radius 3 is 2.46 bits per heavy atom. The van der Waals surface area contributed by atoms with Gasteiger partial charge in [0.05, 0.1) is 12.7 Å². The lowest BCUT2D eigenvalue weighted by molar-refractivity contribution is 0.0697. The Bertz CT molecular complexity index is 310. The lowest BCUT2D eigenvalue weighted by atomic mass is 10.1. The molecule has 0 amide bonds. The second kappa shape index (κ2) is 4.72. The maximum absolute atomic E-state index is 10.5. The molecule has 1 N–H and O–H groups in total. The van der Waals surface area contributed by atoms with E-state index in [1.54, 1.807) is 19.2 Å². The van der Waals surface area contributed by atoms with Crippen LogP contribution in [-0.2, 0) is 0 Å². The largest absolute Gasteiger partial charge is 0.496 e. The number of hydrogen-bond donors (Lipinski definition) is 1. The van der Waals surface area contributed by atoms with E-state index >= 15 is 0 Å². The van der Waals surface area contributed by atoms with Crippen molar-refractivity contribution in [2.24, 2.45) is 0 Å². The lowest BCUT2D eigenvalue weighted by Gasteiger charge is -2.03. The molecule has 72 valence electrons. The van der Waals surface area contributed by atoms with Crippen LogP contribution in [0.5, 0.6) is 5.75 Å². The van der Waals surface area contributed by atoms with Crippen molar-refractivity contribution >= 4 is 18.4 Å². The van der Waals surface area contributed by atoms with Gasteiger partial charge in [-0.05, 0) is 30.7 Å². The number of carboxylic acid groups (broad SMARTS) is 1. The van der Waals surface area contributed by atoms with Gasteiger partial charge in [-0.25, -0.2) is 4.79 Å². The fourth-order valence-corrected chi connectivity index (χ4v) is 1.01. The van der Waals surface area contributed by atoms with E-state index in [2.05, 4.69) is 0 Å². The zero-order chi connectivity index (χ0) is 9.14. The summed E-state index contributed by atoms with van der Waals surface area (Å²) in [6.07, 6.45) is 0. The van der Waals surface area contributed by atoms with Gasteiger partial charge in [-0.3, -0.25) is 0 Å². The number of rotatable bonds is 2. The summed E-state index contributed by atoms with van der Waals surface area (Å²) in [6.45, 7) is 1.81. The molecule has 0 bridgehead atoms. The maximum atomic E-state index is 10.5. The second-order valence-electron chi connectivity index (χ2n) is 2.49. The van der Waals surface area contributed by atoms with Crippen molar-refractivity contribution in [3.8, 4) is 5.75 Å². The standard InChI is InChI=1S/C9H10O3.ClH/c1-6-5-7(9(10)11)3-4-8(6)12-2;/h3-5H,1-2H3,(H,10,11);1H. The third-order valence-corrected chi connectivity index (χ3v) is 1.64. The molecule has 0 aliphatic heterocycles. The summed E-state index contributed by atoms with van der Waals surface area (Å²) in [4.78, 5) is 10.5. The van der Waals surface area contributed by atoms with Gasteiger partial charge in [-0.1, -0.05) is 0 Å². The summed E-state index contributed by atoms with van der Waals surface area (Å²) >= 11 is 0. The zero-order valence-electron chi connectivity index (χ0n) is 7.40. The Morgan fingerprint density at radius 2 is 2.08 bits per heavy atom. The molecule has 0 saturated carbocycles. The topological polar surface area (TPSA) is 46.5 Å². The molecule has 0 fully saturated rings. The SMILES string of the molecule is COc1ccc(C(=O)O)cc1C.Cl. The van der Waals surface area contributed by atoms with Crippen LogP contribution in [0.3, 0.4) is 0 Å². The predicted octanol–water partition coefficient (Wildman–Crippen LogP) is 2.12. The highest BCUT2D eigenvalue weighted by Crippen LogP contribution is 2.18. The average molecular weight is 203 g/mol. The first-order chi connectivity index (χ1) is 5.65. The summed E-state index contributed by atoms with van der Waals surface area (Å²) in [5.74, 6) is -0.208. The molecule has 0 atom stereocenters. The van der Waals surface area contributed by atoms with Gasteiger partial charge in [-0.15, -0.1) is 12.4 Å². The van der Waals surface area contributed by atoms with Crippen molar-refractivity contribution in [1.82, 2.24) is 0 Å². The first-order valence-electron chi connectivity index (χ1n) is 3.53. The molecule has 0 aromatic heterocycles. The highest BCUT2D eigenvalue weighted by Gasteiger charge is 2.04. The number of carboxylic acids is 1. The van der Waals surface area contributed by atoms with Gasteiger partial charge in [0.2, 0.25) is 0 Å². The fraction of sp³-hybridized carbons (Fsp3) is 0.222. The summed E-state index contributed by atoms with van der Waals surface area (Å²) in [7, 11) is 1.56. The minimum Gasteiger partial charge on any atom is -0.496 e. The number of hydrogen-bond acceptors (Lipinski definition) is 2. The van der Waals surface area contributed by atoms with Crippen LogP contribution < -0.4 is 4.74 Å². The third-order valence-electron chi connectivity index (χ3n) is 1.64. The Labute approximate surface area is 82.7 Å². The molecule has 0 aliphatic carbocycles. The number of carbonyl (C=O) groups is 1. The van der Waals surface area contributed by atoms with Crippen molar-refractivity contribution in [2.75, 3.05) is 7.11 Å². The molecule has 1 aromatic carbocycles. The summed E-state index contributed by atoms with van der Waals surface area (Å²) in [6, 6.07) is 4.76. The Balaban J connectivity index is 0.00000144. The van der Waals surface area contributed by atoms with Crippen LogP contribution in [0.25, 0.3) is 0 Å². The fourth-order valence-electron chi connectivity index (χ4n) is 1.01. The van der Waals surface area contributed by atoms with Crippen LogP contribution >= 0.6 is 12.4 Å². The van der Waals surface area contributed by atoms with Gasteiger partial charge >= 0.3 is 5.97 Å². The Kier molecular flexibility index (Phi) is 4.28. The third kappa shape index (κ3) is 2.63. The number of halogens is 1. The van der Waals surface area contributed by atoms with E-state index < -0.39 is 5.97 Å². The van der Waals surface area contributed by atoms with Crippen molar-refractivity contribution < 1.29 is 14.6 Å². The molecular weight excluding hydrogens is 192 g/mol. The van der Waals surface area contributed by atoms with Crippen molar-refractivity contribution in [1.29, 1.82) is 0 Å². The number of ether oxygens (including phenoxy) is 1. The second-order valence-corrected chi connectivity index (χ2v) is 2.49. The average Bonchev–Trinajstić information content (AvgIpc) is 2.04. The zero-order valence-corrected chi connectivity index (χ0v) is 8.22. The van der Waals surface area contributed by atoms with Gasteiger partial charge in [0.15, 0.2) is 0 Å². The lowest BCUT2D eigenvalue weighted by Crippen LogP contribution is -1.97. The molecule has 0 radical (unpaired) electrons. The van der Waals surface area contributed by atoms with Crippen LogP contribution in [0.4, 0.5) is 0 Å². The van der Waals surface area contributed by atoms with E-state index in [9.17, 15) is 4.79 Å². The first-order valence-corrected chi connectivity index (χ1v) is 3.53.